The van der Waals surface area contributed by atoms with Crippen LogP contribution in [0.1, 0.15) is 19.8 Å². The molecule has 3 aromatic rings. The quantitative estimate of drug-likeness (QED) is 0.311. The number of aliphatic hydroxyl groups excluding tert-OH is 1. The summed E-state index contributed by atoms with van der Waals surface area (Å²) in [6.45, 7) is 1.88. The van der Waals surface area contributed by atoms with Gasteiger partial charge in [0.25, 0.3) is 5.56 Å². The second-order valence-electron chi connectivity index (χ2n) is 7.74. The van der Waals surface area contributed by atoms with Crippen molar-refractivity contribution in [1.82, 2.24) is 19.2 Å². The van der Waals surface area contributed by atoms with E-state index in [0.29, 0.717) is 33.7 Å². The molecular weight excluding hydrogens is 444 g/mol. The van der Waals surface area contributed by atoms with Crippen LogP contribution in [0.4, 0.5) is 0 Å². The Balaban J connectivity index is 1.66. The topological polar surface area (TPSA) is 90.9 Å². The number of hydrogen-bond donors (Lipinski definition) is 1. The maximum Gasteiger partial charge on any atom is 0.282 e. The van der Waals surface area contributed by atoms with Gasteiger partial charge >= 0.3 is 0 Å². The third-order valence-corrected chi connectivity index (χ3v) is 5.66. The third-order valence-electron chi connectivity index (χ3n) is 5.43. The molecule has 0 aliphatic heterocycles. The summed E-state index contributed by atoms with van der Waals surface area (Å²) in [5.41, 5.74) is 1.58. The number of fused-ring (bicyclic) bond motifs is 1. The number of aromatic nitrogens is 4. The summed E-state index contributed by atoms with van der Waals surface area (Å²) in [5, 5.41) is 14.9. The smallest absolute Gasteiger partial charge is 0.282 e. The van der Waals surface area contributed by atoms with Crippen LogP contribution in [-0.4, -0.2) is 44.1 Å². The van der Waals surface area contributed by atoms with Crippen LogP contribution < -0.4 is 5.56 Å². The first-order valence-corrected chi connectivity index (χ1v) is 10.8. The van der Waals surface area contributed by atoms with E-state index in [0.717, 1.165) is 18.4 Å². The molecule has 1 N–H and O–H groups in total. The predicted molar refractivity (Wildman–Crippen MR) is 125 cm³/mol. The fourth-order valence-corrected chi connectivity index (χ4v) is 3.47. The van der Waals surface area contributed by atoms with Gasteiger partial charge in [-0.3, -0.25) is 14.3 Å². The van der Waals surface area contributed by atoms with E-state index in [9.17, 15) is 9.90 Å². The SMILES string of the molecule is C#CC(=CC(OC)=C(C)OCC(O)C1CC1)n1cnn2cc(-c3ccc(Cl)cn3)cc2c1=O. The lowest BCUT2D eigenvalue weighted by molar-refractivity contribution is 0.0527. The number of aliphatic hydroxyl groups is 1. The van der Waals surface area contributed by atoms with E-state index < -0.39 is 6.10 Å². The lowest BCUT2D eigenvalue weighted by atomic mass is 10.2. The summed E-state index contributed by atoms with van der Waals surface area (Å²) in [6, 6.07) is 5.18. The number of hydrogen-bond acceptors (Lipinski definition) is 6. The molecule has 33 heavy (non-hydrogen) atoms. The molecule has 1 fully saturated rings. The standard InChI is InChI=1S/C24H23ClN4O4/c1-4-19(10-23(32-3)15(2)33-13-22(30)16-5-6-16)28-14-27-29-12-17(9-21(29)24(28)31)20-8-7-18(25)11-26-20/h1,7-12,14,16,22,30H,5-6,13H2,2-3H3. The number of nitrogens with zero attached hydrogens (tertiary/aromatic N) is 4. The Bertz CT molecular complexity index is 1330. The first-order valence-electron chi connectivity index (χ1n) is 10.4. The van der Waals surface area contributed by atoms with Crippen molar-refractivity contribution < 1.29 is 14.6 Å². The van der Waals surface area contributed by atoms with Gasteiger partial charge < -0.3 is 14.6 Å². The van der Waals surface area contributed by atoms with Gasteiger partial charge in [-0.05, 0) is 43.9 Å². The highest BCUT2D eigenvalue weighted by Gasteiger charge is 2.30. The molecule has 1 atom stereocenters. The molecule has 1 aliphatic rings. The minimum absolute atomic E-state index is 0.168. The second kappa shape index (κ2) is 9.53. The van der Waals surface area contributed by atoms with Crippen molar-refractivity contribution in [3.05, 3.63) is 69.9 Å². The first kappa shape index (κ1) is 22.6. The van der Waals surface area contributed by atoms with Crippen molar-refractivity contribution in [2.24, 2.45) is 5.92 Å². The molecule has 4 rings (SSSR count). The number of ether oxygens (including phenoxy) is 2. The Kier molecular flexibility index (Phi) is 6.54. The van der Waals surface area contributed by atoms with Crippen LogP contribution in [0.15, 0.2) is 59.3 Å². The van der Waals surface area contributed by atoms with Gasteiger partial charge in [0.05, 0.1) is 23.9 Å². The Morgan fingerprint density at radius 2 is 2.24 bits per heavy atom. The molecule has 0 spiro atoms. The average molecular weight is 467 g/mol. The van der Waals surface area contributed by atoms with Gasteiger partial charge in [-0.1, -0.05) is 17.5 Å². The van der Waals surface area contributed by atoms with Gasteiger partial charge in [0.1, 0.15) is 29.9 Å². The molecule has 3 aromatic heterocycles. The van der Waals surface area contributed by atoms with Crippen molar-refractivity contribution >= 4 is 22.8 Å². The lowest BCUT2D eigenvalue weighted by Crippen LogP contribution is -2.21. The first-order chi connectivity index (χ1) is 15.9. The van der Waals surface area contributed by atoms with E-state index in [1.165, 1.54) is 34.8 Å². The molecular formula is C24H23ClN4O4. The van der Waals surface area contributed by atoms with E-state index in [4.69, 9.17) is 27.5 Å². The molecule has 170 valence electrons. The van der Waals surface area contributed by atoms with Crippen LogP contribution in [0.3, 0.4) is 0 Å². The molecule has 0 aromatic carbocycles. The zero-order chi connectivity index (χ0) is 23.5. The van der Waals surface area contributed by atoms with Crippen LogP contribution in [0.25, 0.3) is 22.5 Å². The van der Waals surface area contributed by atoms with Crippen molar-refractivity contribution in [2.45, 2.75) is 25.9 Å². The van der Waals surface area contributed by atoms with E-state index in [2.05, 4.69) is 16.0 Å². The molecule has 1 saturated carbocycles. The van der Waals surface area contributed by atoms with Crippen LogP contribution in [0, 0.1) is 18.3 Å². The molecule has 1 aliphatic carbocycles. The molecule has 0 saturated heterocycles. The summed E-state index contributed by atoms with van der Waals surface area (Å²) >= 11 is 5.91. The summed E-state index contributed by atoms with van der Waals surface area (Å²) < 4.78 is 13.8. The fourth-order valence-electron chi connectivity index (χ4n) is 3.36. The van der Waals surface area contributed by atoms with Gasteiger partial charge in [0.15, 0.2) is 5.76 Å². The fraction of sp³-hybridized carbons (Fsp3) is 0.292. The number of pyridine rings is 1. The normalized spacial score (nSPS) is 15.7. The maximum absolute atomic E-state index is 13.2. The van der Waals surface area contributed by atoms with Gasteiger partial charge in [-0.25, -0.2) is 4.52 Å². The molecule has 0 radical (unpaired) electrons. The zero-order valence-electron chi connectivity index (χ0n) is 18.2. The van der Waals surface area contributed by atoms with Crippen molar-refractivity contribution in [3.63, 3.8) is 0 Å². The number of halogens is 1. The highest BCUT2D eigenvalue weighted by atomic mass is 35.5. The Labute approximate surface area is 195 Å². The summed E-state index contributed by atoms with van der Waals surface area (Å²) in [7, 11) is 1.48. The number of terminal acetylenes is 1. The monoisotopic (exact) mass is 466 g/mol. The minimum atomic E-state index is -0.512. The van der Waals surface area contributed by atoms with Gasteiger partial charge in [-0.2, -0.15) is 5.10 Å². The molecule has 0 bridgehead atoms. The van der Waals surface area contributed by atoms with Gasteiger partial charge in [0.2, 0.25) is 0 Å². The van der Waals surface area contributed by atoms with Crippen molar-refractivity contribution in [3.8, 4) is 23.6 Å². The van der Waals surface area contributed by atoms with E-state index in [1.807, 2.05) is 0 Å². The Hall–Kier alpha value is -3.54. The summed E-state index contributed by atoms with van der Waals surface area (Å²) in [6.07, 6.45) is 13.3. The number of rotatable bonds is 8. The molecule has 1 unspecified atom stereocenters. The van der Waals surface area contributed by atoms with Gasteiger partial charge in [-0.15, -0.1) is 6.42 Å². The highest BCUT2D eigenvalue weighted by Crippen LogP contribution is 2.33. The van der Waals surface area contributed by atoms with Crippen LogP contribution in [0.5, 0.6) is 0 Å². The van der Waals surface area contributed by atoms with Crippen molar-refractivity contribution in [2.75, 3.05) is 13.7 Å². The number of allylic oxidation sites excluding steroid dienone is 3. The second-order valence-corrected chi connectivity index (χ2v) is 8.18. The molecule has 3 heterocycles. The Morgan fingerprint density at radius 3 is 2.88 bits per heavy atom. The van der Waals surface area contributed by atoms with Crippen molar-refractivity contribution in [1.29, 1.82) is 0 Å². The predicted octanol–water partition coefficient (Wildman–Crippen LogP) is 3.35. The summed E-state index contributed by atoms with van der Waals surface area (Å²) in [4.78, 5) is 17.4. The van der Waals surface area contributed by atoms with Crippen LogP contribution in [-0.2, 0) is 9.47 Å². The number of methoxy groups -OCH3 is 1. The average Bonchev–Trinajstić information content (AvgIpc) is 3.58. The Morgan fingerprint density at radius 1 is 1.45 bits per heavy atom. The van der Waals surface area contributed by atoms with E-state index >= 15 is 0 Å². The largest absolute Gasteiger partial charge is 0.493 e. The van der Waals surface area contributed by atoms with Gasteiger partial charge in [0, 0.05) is 24.0 Å². The van der Waals surface area contributed by atoms with Crippen LogP contribution >= 0.6 is 11.6 Å². The molecule has 0 amide bonds. The molecule has 8 nitrogen and oxygen atoms in total. The minimum Gasteiger partial charge on any atom is -0.493 e. The van der Waals surface area contributed by atoms with E-state index in [-0.39, 0.29) is 17.9 Å². The lowest BCUT2D eigenvalue weighted by Gasteiger charge is -2.14. The van der Waals surface area contributed by atoms with Crippen LogP contribution in [0.2, 0.25) is 5.02 Å². The summed E-state index contributed by atoms with van der Waals surface area (Å²) in [5.74, 6) is 3.60. The van der Waals surface area contributed by atoms with E-state index in [1.54, 1.807) is 31.3 Å². The molecule has 9 heteroatoms. The zero-order valence-corrected chi connectivity index (χ0v) is 19.0. The third kappa shape index (κ3) is 4.95. The highest BCUT2D eigenvalue weighted by molar-refractivity contribution is 6.30. The maximum atomic E-state index is 13.2.